The van der Waals surface area contributed by atoms with E-state index in [0.717, 1.165) is 25.7 Å². The molecular weight excluding hydrogens is 308 g/mol. The van der Waals surface area contributed by atoms with Gasteiger partial charge in [-0.05, 0) is 19.8 Å². The van der Waals surface area contributed by atoms with Gasteiger partial charge in [0.15, 0.2) is 15.8 Å². The van der Waals surface area contributed by atoms with Crippen molar-refractivity contribution in [2.24, 2.45) is 0 Å². The van der Waals surface area contributed by atoms with Gasteiger partial charge in [-0.2, -0.15) is 0 Å². The summed E-state index contributed by atoms with van der Waals surface area (Å²) < 4.78 is 30.0. The minimum atomic E-state index is -3.57. The topological polar surface area (TPSA) is 75.5 Å². The summed E-state index contributed by atoms with van der Waals surface area (Å²) in [6.07, 6.45) is 6.97. The van der Waals surface area contributed by atoms with Gasteiger partial charge in [-0.25, -0.2) is 18.1 Å². The van der Waals surface area contributed by atoms with Crippen LogP contribution in [0.3, 0.4) is 0 Å². The van der Waals surface area contributed by atoms with Crippen LogP contribution in [0.1, 0.15) is 39.0 Å². The number of hydrogen-bond donors (Lipinski definition) is 2. The van der Waals surface area contributed by atoms with E-state index in [0.29, 0.717) is 17.3 Å². The third-order valence-electron chi connectivity index (χ3n) is 3.74. The lowest BCUT2D eigenvalue weighted by molar-refractivity contribution is 0.411. The first-order chi connectivity index (χ1) is 10.1. The van der Waals surface area contributed by atoms with E-state index in [1.54, 1.807) is 10.6 Å². The molecule has 0 saturated heterocycles. The van der Waals surface area contributed by atoms with Crippen molar-refractivity contribution < 1.29 is 8.42 Å². The van der Waals surface area contributed by atoms with Crippen LogP contribution in [0.15, 0.2) is 16.6 Å². The summed E-state index contributed by atoms with van der Waals surface area (Å²) in [7, 11) is -3.57. The third kappa shape index (κ3) is 2.93. The molecule has 0 bridgehead atoms. The van der Waals surface area contributed by atoms with Gasteiger partial charge in [-0.3, -0.25) is 4.40 Å². The molecule has 2 N–H and O–H groups in total. The van der Waals surface area contributed by atoms with Gasteiger partial charge in [0.05, 0.1) is 0 Å². The Bertz CT molecular complexity index is 714. The van der Waals surface area contributed by atoms with Crippen LogP contribution in [0.25, 0.3) is 4.96 Å². The monoisotopic (exact) mass is 328 g/mol. The molecule has 0 spiro atoms. The van der Waals surface area contributed by atoms with E-state index in [1.165, 1.54) is 17.8 Å². The second-order valence-corrected chi connectivity index (χ2v) is 7.81. The normalized spacial score (nSPS) is 17.4. The number of thiazole rings is 1. The maximum atomic E-state index is 12.8. The summed E-state index contributed by atoms with van der Waals surface area (Å²) in [4.78, 5) is 5.06. The molecule has 1 fully saturated rings. The van der Waals surface area contributed by atoms with Gasteiger partial charge >= 0.3 is 0 Å². The van der Waals surface area contributed by atoms with E-state index in [9.17, 15) is 8.42 Å². The lowest BCUT2D eigenvalue weighted by Crippen LogP contribution is -2.37. The van der Waals surface area contributed by atoms with E-state index in [1.807, 2.05) is 12.3 Å². The Labute approximate surface area is 128 Å². The first kappa shape index (κ1) is 14.8. The highest BCUT2D eigenvalue weighted by Gasteiger charge is 2.28. The fourth-order valence-electron chi connectivity index (χ4n) is 2.80. The van der Waals surface area contributed by atoms with E-state index < -0.39 is 10.0 Å². The van der Waals surface area contributed by atoms with Crippen LogP contribution in [0, 0.1) is 0 Å². The van der Waals surface area contributed by atoms with Crippen molar-refractivity contribution in [1.29, 1.82) is 0 Å². The zero-order chi connectivity index (χ0) is 14.9. The minimum absolute atomic E-state index is 0.0439. The zero-order valence-corrected chi connectivity index (χ0v) is 13.6. The molecule has 1 aliphatic rings. The first-order valence-electron chi connectivity index (χ1n) is 7.33. The summed E-state index contributed by atoms with van der Waals surface area (Å²) in [5.74, 6) is 0.438. The Kier molecular flexibility index (Phi) is 4.19. The standard InChI is InChI=1S/C13H20N4O2S2/c1-2-14-11-12(17-8-9-20-13(17)15-11)21(18,19)16-10-6-4-3-5-7-10/h8-10,14,16H,2-7H2,1H3. The Balaban J connectivity index is 1.96. The summed E-state index contributed by atoms with van der Waals surface area (Å²) in [5.41, 5.74) is 0. The molecule has 0 aliphatic heterocycles. The highest BCUT2D eigenvalue weighted by molar-refractivity contribution is 7.89. The van der Waals surface area contributed by atoms with Crippen LogP contribution in [0.2, 0.25) is 0 Å². The minimum Gasteiger partial charge on any atom is -0.368 e. The highest BCUT2D eigenvalue weighted by atomic mass is 32.2. The molecule has 2 aromatic heterocycles. The van der Waals surface area contributed by atoms with Crippen LogP contribution in [-0.4, -0.2) is 30.4 Å². The molecule has 0 unspecified atom stereocenters. The SMILES string of the molecule is CCNc1nc2sccn2c1S(=O)(=O)NC1CCCCC1. The maximum Gasteiger partial charge on any atom is 0.260 e. The molecule has 2 heterocycles. The van der Waals surface area contributed by atoms with Crippen LogP contribution >= 0.6 is 11.3 Å². The van der Waals surface area contributed by atoms with Gasteiger partial charge < -0.3 is 5.32 Å². The molecule has 1 aliphatic carbocycles. The summed E-state index contributed by atoms with van der Waals surface area (Å²) in [6, 6.07) is 0.0439. The van der Waals surface area contributed by atoms with E-state index in [4.69, 9.17) is 0 Å². The Hall–Kier alpha value is -1.12. The van der Waals surface area contributed by atoms with Gasteiger partial charge in [0, 0.05) is 24.2 Å². The Morgan fingerprint density at radius 2 is 2.14 bits per heavy atom. The molecule has 0 aromatic carbocycles. The number of aromatic nitrogens is 2. The number of rotatable bonds is 5. The van der Waals surface area contributed by atoms with Gasteiger partial charge in [-0.1, -0.05) is 19.3 Å². The van der Waals surface area contributed by atoms with Gasteiger partial charge in [0.1, 0.15) is 0 Å². The number of fused-ring (bicyclic) bond motifs is 1. The molecular formula is C13H20N4O2S2. The lowest BCUT2D eigenvalue weighted by Gasteiger charge is -2.22. The number of nitrogens with zero attached hydrogens (tertiary/aromatic N) is 2. The molecule has 2 aromatic rings. The molecule has 116 valence electrons. The van der Waals surface area contributed by atoms with Crippen molar-refractivity contribution in [2.75, 3.05) is 11.9 Å². The van der Waals surface area contributed by atoms with Crippen molar-refractivity contribution >= 4 is 32.1 Å². The number of imidazole rings is 1. The highest BCUT2D eigenvalue weighted by Crippen LogP contribution is 2.27. The summed E-state index contributed by atoms with van der Waals surface area (Å²) in [5, 5.41) is 5.12. The lowest BCUT2D eigenvalue weighted by atomic mass is 9.96. The summed E-state index contributed by atoms with van der Waals surface area (Å²) >= 11 is 1.43. The zero-order valence-electron chi connectivity index (χ0n) is 12.0. The second-order valence-electron chi connectivity index (χ2n) is 5.31. The summed E-state index contributed by atoms with van der Waals surface area (Å²) in [6.45, 7) is 2.56. The molecule has 6 nitrogen and oxygen atoms in total. The molecule has 21 heavy (non-hydrogen) atoms. The molecule has 8 heteroatoms. The fourth-order valence-corrected chi connectivity index (χ4v) is 5.14. The van der Waals surface area contributed by atoms with E-state index in [-0.39, 0.29) is 11.1 Å². The molecule has 3 rings (SSSR count). The van der Waals surface area contributed by atoms with Crippen molar-refractivity contribution in [2.45, 2.75) is 50.1 Å². The predicted octanol–water partition coefficient (Wildman–Crippen LogP) is 2.44. The predicted molar refractivity (Wildman–Crippen MR) is 84.4 cm³/mol. The molecule has 0 radical (unpaired) electrons. The van der Waals surface area contributed by atoms with Crippen molar-refractivity contribution in [3.63, 3.8) is 0 Å². The number of anilines is 1. The van der Waals surface area contributed by atoms with Crippen molar-refractivity contribution in [3.05, 3.63) is 11.6 Å². The number of nitrogens with one attached hydrogen (secondary N) is 2. The average Bonchev–Trinajstić information content (AvgIpc) is 2.99. The Morgan fingerprint density at radius 1 is 1.38 bits per heavy atom. The smallest absolute Gasteiger partial charge is 0.260 e. The fraction of sp³-hybridized carbons (Fsp3) is 0.615. The van der Waals surface area contributed by atoms with Crippen molar-refractivity contribution in [1.82, 2.24) is 14.1 Å². The molecule has 0 atom stereocenters. The van der Waals surface area contributed by atoms with Crippen LogP contribution in [0.5, 0.6) is 0 Å². The van der Waals surface area contributed by atoms with Crippen LogP contribution in [0.4, 0.5) is 5.82 Å². The Morgan fingerprint density at radius 3 is 2.86 bits per heavy atom. The average molecular weight is 328 g/mol. The van der Waals surface area contributed by atoms with Crippen LogP contribution < -0.4 is 10.0 Å². The van der Waals surface area contributed by atoms with E-state index in [2.05, 4.69) is 15.0 Å². The van der Waals surface area contributed by atoms with E-state index >= 15 is 0 Å². The first-order valence-corrected chi connectivity index (χ1v) is 9.70. The van der Waals surface area contributed by atoms with Gasteiger partial charge in [0.25, 0.3) is 10.0 Å². The number of hydrogen-bond acceptors (Lipinski definition) is 5. The van der Waals surface area contributed by atoms with Crippen LogP contribution in [-0.2, 0) is 10.0 Å². The largest absolute Gasteiger partial charge is 0.368 e. The third-order valence-corrected chi connectivity index (χ3v) is 6.04. The van der Waals surface area contributed by atoms with Gasteiger partial charge in [-0.15, -0.1) is 11.3 Å². The maximum absolute atomic E-state index is 12.8. The second kappa shape index (κ2) is 5.94. The van der Waals surface area contributed by atoms with Gasteiger partial charge in [0.2, 0.25) is 0 Å². The number of sulfonamides is 1. The molecule has 1 saturated carbocycles. The molecule has 0 amide bonds. The quantitative estimate of drug-likeness (QED) is 0.884. The van der Waals surface area contributed by atoms with Crippen molar-refractivity contribution in [3.8, 4) is 0 Å².